The van der Waals surface area contributed by atoms with Gasteiger partial charge in [0.2, 0.25) is 0 Å². The lowest BCUT2D eigenvalue weighted by Crippen LogP contribution is -2.39. The summed E-state index contributed by atoms with van der Waals surface area (Å²) >= 11 is 0. The highest BCUT2D eigenvalue weighted by Gasteiger charge is 2.22. The molecule has 3 aromatic rings. The Morgan fingerprint density at radius 2 is 1.52 bits per heavy atom. The van der Waals surface area contributed by atoms with Gasteiger partial charge in [-0.2, -0.15) is 0 Å². The maximum Gasteiger partial charge on any atom is 0.0804 e. The van der Waals surface area contributed by atoms with Crippen LogP contribution in [0, 0.1) is 0 Å². The lowest BCUT2D eigenvalue weighted by Gasteiger charge is -2.22. The fourth-order valence-corrected chi connectivity index (χ4v) is 5.75. The van der Waals surface area contributed by atoms with Gasteiger partial charge in [0.25, 0.3) is 0 Å². The molecule has 1 aliphatic carbocycles. The Hall–Kier alpha value is -2.19. The van der Waals surface area contributed by atoms with Crippen molar-refractivity contribution in [3.8, 4) is 22.4 Å². The number of nitrogens with zero attached hydrogens (tertiary/aromatic N) is 1. The third-order valence-electron chi connectivity index (χ3n) is 5.81. The van der Waals surface area contributed by atoms with Crippen LogP contribution >= 0.6 is 0 Å². The predicted octanol–water partition coefficient (Wildman–Crippen LogP) is 6.62. The molecule has 138 valence electrons. The molecule has 1 heterocycles. The molecule has 0 atom stereocenters. The highest BCUT2D eigenvalue weighted by atomic mass is 28.3. The molecule has 0 unspecified atom stereocenters. The summed E-state index contributed by atoms with van der Waals surface area (Å²) in [5, 5.41) is 1.43. The first-order valence-electron chi connectivity index (χ1n) is 10.2. The zero-order valence-electron chi connectivity index (χ0n) is 16.7. The third kappa shape index (κ3) is 3.91. The third-order valence-corrected chi connectivity index (χ3v) is 7.82. The van der Waals surface area contributed by atoms with Gasteiger partial charge in [0.05, 0.1) is 13.8 Å². The van der Waals surface area contributed by atoms with Gasteiger partial charge in [-0.15, -0.1) is 0 Å². The molecule has 1 nitrogen and oxygen atoms in total. The minimum absolute atomic E-state index is 0.736. The molecule has 0 bridgehead atoms. The summed E-state index contributed by atoms with van der Waals surface area (Å²) < 4.78 is 0. The van der Waals surface area contributed by atoms with Crippen LogP contribution in [0.25, 0.3) is 22.4 Å². The second-order valence-electron chi connectivity index (χ2n) is 8.84. The van der Waals surface area contributed by atoms with E-state index in [0.717, 1.165) is 11.6 Å². The monoisotopic (exact) mass is 371 g/mol. The van der Waals surface area contributed by atoms with E-state index in [1.807, 2.05) is 0 Å². The zero-order chi connectivity index (χ0) is 18.9. The molecular formula is C25H29NSi. The molecule has 0 radical (unpaired) electrons. The number of aromatic nitrogens is 1. The fourth-order valence-electron chi connectivity index (χ4n) is 4.28. The molecule has 0 amide bonds. The van der Waals surface area contributed by atoms with Gasteiger partial charge in [-0.1, -0.05) is 81.0 Å². The van der Waals surface area contributed by atoms with E-state index in [2.05, 4.69) is 86.5 Å². The molecule has 2 aromatic carbocycles. The topological polar surface area (TPSA) is 12.9 Å². The Morgan fingerprint density at radius 1 is 0.815 bits per heavy atom. The van der Waals surface area contributed by atoms with Crippen LogP contribution in [0.5, 0.6) is 0 Å². The molecule has 0 saturated heterocycles. The molecule has 1 aliphatic rings. The number of hydrogen-bond acceptors (Lipinski definition) is 1. The predicted molar refractivity (Wildman–Crippen MR) is 119 cm³/mol. The molecule has 0 spiro atoms. The van der Waals surface area contributed by atoms with Gasteiger partial charge in [0, 0.05) is 11.8 Å². The first-order chi connectivity index (χ1) is 13.0. The molecule has 27 heavy (non-hydrogen) atoms. The molecular weight excluding hydrogens is 342 g/mol. The maximum atomic E-state index is 4.90. The Morgan fingerprint density at radius 3 is 2.22 bits per heavy atom. The molecule has 1 saturated carbocycles. The number of hydrogen-bond donors (Lipinski definition) is 0. The van der Waals surface area contributed by atoms with Gasteiger partial charge in [0.15, 0.2) is 0 Å². The van der Waals surface area contributed by atoms with E-state index < -0.39 is 8.07 Å². The highest BCUT2D eigenvalue weighted by Crippen LogP contribution is 2.35. The van der Waals surface area contributed by atoms with E-state index in [9.17, 15) is 0 Å². The largest absolute Gasteiger partial charge is 0.256 e. The van der Waals surface area contributed by atoms with Crippen LogP contribution in [0.3, 0.4) is 0 Å². The summed E-state index contributed by atoms with van der Waals surface area (Å²) in [6.07, 6.45) is 7.56. The first-order valence-corrected chi connectivity index (χ1v) is 13.7. The van der Waals surface area contributed by atoms with Gasteiger partial charge >= 0.3 is 0 Å². The molecule has 2 heteroatoms. The molecule has 4 rings (SSSR count). The van der Waals surface area contributed by atoms with Gasteiger partial charge in [-0.25, -0.2) is 0 Å². The average Bonchev–Trinajstić information content (AvgIpc) is 3.22. The number of rotatable bonds is 4. The Balaban J connectivity index is 1.79. The second kappa shape index (κ2) is 7.44. The van der Waals surface area contributed by atoms with Crippen molar-refractivity contribution in [3.05, 3.63) is 72.4 Å². The van der Waals surface area contributed by atoms with E-state index in [4.69, 9.17) is 4.98 Å². The van der Waals surface area contributed by atoms with E-state index in [1.165, 1.54) is 53.1 Å². The summed E-state index contributed by atoms with van der Waals surface area (Å²) in [5.74, 6) is 0.736. The summed E-state index contributed by atoms with van der Waals surface area (Å²) in [7, 11) is -1.48. The van der Waals surface area contributed by atoms with Crippen LogP contribution in [-0.4, -0.2) is 13.1 Å². The Kier molecular flexibility index (Phi) is 5.01. The Labute approximate surface area is 164 Å². The van der Waals surface area contributed by atoms with Gasteiger partial charge < -0.3 is 0 Å². The van der Waals surface area contributed by atoms with E-state index in [0.29, 0.717) is 0 Å². The summed E-state index contributed by atoms with van der Waals surface area (Å²) in [6.45, 7) is 7.20. The minimum Gasteiger partial charge on any atom is -0.256 e. The highest BCUT2D eigenvalue weighted by molar-refractivity contribution is 6.89. The standard InChI is InChI=1S/C25H29NSi/c1-27(2,3)25-18-26-24(17-23(25)20-12-5-4-6-13-20)22-15-9-14-21(16-22)19-10-7-8-11-19/h4-6,9,12-19H,7-8,10-11H2,1-3H3. The Bertz CT molecular complexity index is 919. The van der Waals surface area contributed by atoms with Crippen molar-refractivity contribution in [2.75, 3.05) is 0 Å². The van der Waals surface area contributed by atoms with Crippen LogP contribution in [0.15, 0.2) is 66.9 Å². The van der Waals surface area contributed by atoms with Crippen LogP contribution in [0.1, 0.15) is 37.2 Å². The van der Waals surface area contributed by atoms with Crippen molar-refractivity contribution in [2.24, 2.45) is 0 Å². The smallest absolute Gasteiger partial charge is 0.0804 e. The number of pyridine rings is 1. The van der Waals surface area contributed by atoms with Crippen molar-refractivity contribution in [1.82, 2.24) is 4.98 Å². The zero-order valence-corrected chi connectivity index (χ0v) is 17.7. The summed E-state index contributed by atoms with van der Waals surface area (Å²) in [6, 6.07) is 22.2. The van der Waals surface area contributed by atoms with E-state index >= 15 is 0 Å². The lowest BCUT2D eigenvalue weighted by atomic mass is 9.94. The summed E-state index contributed by atoms with van der Waals surface area (Å²) in [4.78, 5) is 4.90. The van der Waals surface area contributed by atoms with Gasteiger partial charge in [-0.05, 0) is 52.8 Å². The minimum atomic E-state index is -1.48. The molecule has 0 aliphatic heterocycles. The van der Waals surface area contributed by atoms with Gasteiger partial charge in [-0.3, -0.25) is 4.98 Å². The summed E-state index contributed by atoms with van der Waals surface area (Å²) in [5.41, 5.74) is 6.48. The van der Waals surface area contributed by atoms with Crippen molar-refractivity contribution >= 4 is 13.3 Å². The van der Waals surface area contributed by atoms with E-state index in [1.54, 1.807) is 0 Å². The average molecular weight is 372 g/mol. The fraction of sp³-hybridized carbons (Fsp3) is 0.320. The SMILES string of the molecule is C[Si](C)(C)c1cnc(-c2cccc(C3CCCC3)c2)cc1-c1ccccc1. The maximum absolute atomic E-state index is 4.90. The van der Waals surface area contributed by atoms with Crippen LogP contribution in [-0.2, 0) is 0 Å². The second-order valence-corrected chi connectivity index (χ2v) is 13.9. The van der Waals surface area contributed by atoms with Gasteiger partial charge in [0.1, 0.15) is 0 Å². The van der Waals surface area contributed by atoms with Crippen molar-refractivity contribution in [1.29, 1.82) is 0 Å². The van der Waals surface area contributed by atoms with Crippen LogP contribution in [0.2, 0.25) is 19.6 Å². The quantitative estimate of drug-likeness (QED) is 0.470. The van der Waals surface area contributed by atoms with Crippen molar-refractivity contribution in [3.63, 3.8) is 0 Å². The van der Waals surface area contributed by atoms with E-state index in [-0.39, 0.29) is 0 Å². The molecule has 0 N–H and O–H groups in total. The van der Waals surface area contributed by atoms with Crippen molar-refractivity contribution < 1.29 is 0 Å². The molecule has 1 aromatic heterocycles. The normalized spacial score (nSPS) is 15.2. The first kappa shape index (κ1) is 18.2. The van der Waals surface area contributed by atoms with Crippen LogP contribution < -0.4 is 5.19 Å². The van der Waals surface area contributed by atoms with Crippen molar-refractivity contribution in [2.45, 2.75) is 51.2 Å². The number of benzene rings is 2. The lowest BCUT2D eigenvalue weighted by molar-refractivity contribution is 0.723. The van der Waals surface area contributed by atoms with Crippen LogP contribution in [0.4, 0.5) is 0 Å². The molecule has 1 fully saturated rings.